The molecule has 1 aromatic heterocycles. The third-order valence-corrected chi connectivity index (χ3v) is 5.63. The van der Waals surface area contributed by atoms with Crippen molar-refractivity contribution >= 4 is 22.6 Å². The summed E-state index contributed by atoms with van der Waals surface area (Å²) < 4.78 is 5.40. The van der Waals surface area contributed by atoms with Gasteiger partial charge in [0.05, 0.1) is 0 Å². The Bertz CT molecular complexity index is 1010. The third-order valence-electron chi connectivity index (χ3n) is 5.38. The van der Waals surface area contributed by atoms with Crippen molar-refractivity contribution in [1.29, 1.82) is 0 Å². The molecule has 2 heterocycles. The van der Waals surface area contributed by atoms with E-state index in [0.717, 1.165) is 67.2 Å². The van der Waals surface area contributed by atoms with E-state index < -0.39 is 0 Å². The Labute approximate surface area is 170 Å². The first kappa shape index (κ1) is 19.2. The number of halogens is 1. The highest BCUT2D eigenvalue weighted by Crippen LogP contribution is 2.21. The standard InChI is InChI=1S/C23H25ClN2O2/c1-17-3-8-21-19(14-23(27)28-22(21)13-17)16-26-10-2-9-25(11-12-26)15-18-4-6-20(24)7-5-18/h3-8,13-14H,2,9-12,15-16H2,1H3. The molecule has 146 valence electrons. The molecule has 1 fully saturated rings. The lowest BCUT2D eigenvalue weighted by atomic mass is 10.1. The molecule has 4 rings (SSSR count). The monoisotopic (exact) mass is 396 g/mol. The number of rotatable bonds is 4. The van der Waals surface area contributed by atoms with Gasteiger partial charge in [-0.1, -0.05) is 35.9 Å². The van der Waals surface area contributed by atoms with Crippen LogP contribution in [0.5, 0.6) is 0 Å². The lowest BCUT2D eigenvalue weighted by Gasteiger charge is -2.22. The van der Waals surface area contributed by atoms with Gasteiger partial charge in [0, 0.05) is 42.7 Å². The lowest BCUT2D eigenvalue weighted by molar-refractivity contribution is 0.247. The molecule has 0 saturated carbocycles. The molecule has 28 heavy (non-hydrogen) atoms. The predicted octanol–water partition coefficient (Wildman–Crippen LogP) is 4.46. The zero-order valence-electron chi connectivity index (χ0n) is 16.2. The molecule has 0 N–H and O–H groups in total. The molecule has 1 aliphatic heterocycles. The number of hydrogen-bond donors (Lipinski definition) is 0. The first-order chi connectivity index (χ1) is 13.6. The molecular weight excluding hydrogens is 372 g/mol. The molecule has 0 unspecified atom stereocenters. The van der Waals surface area contributed by atoms with Crippen LogP contribution in [-0.4, -0.2) is 36.0 Å². The van der Waals surface area contributed by atoms with Crippen LogP contribution in [0.25, 0.3) is 11.0 Å². The van der Waals surface area contributed by atoms with Crippen molar-refractivity contribution in [3.63, 3.8) is 0 Å². The first-order valence-electron chi connectivity index (χ1n) is 9.79. The average Bonchev–Trinajstić information content (AvgIpc) is 2.88. The van der Waals surface area contributed by atoms with Gasteiger partial charge >= 0.3 is 5.63 Å². The van der Waals surface area contributed by atoms with Crippen molar-refractivity contribution in [2.45, 2.75) is 26.4 Å². The Morgan fingerprint density at radius 1 is 0.929 bits per heavy atom. The minimum absolute atomic E-state index is 0.271. The van der Waals surface area contributed by atoms with Gasteiger partial charge in [0.25, 0.3) is 0 Å². The normalized spacial score (nSPS) is 16.4. The van der Waals surface area contributed by atoms with Gasteiger partial charge in [-0.25, -0.2) is 4.79 Å². The highest BCUT2D eigenvalue weighted by molar-refractivity contribution is 6.30. The smallest absolute Gasteiger partial charge is 0.336 e. The SMILES string of the molecule is Cc1ccc2c(CN3CCCN(Cc4ccc(Cl)cc4)CC3)cc(=O)oc2c1. The quantitative estimate of drug-likeness (QED) is 0.610. The largest absolute Gasteiger partial charge is 0.423 e. The second kappa shape index (κ2) is 8.48. The molecule has 5 heteroatoms. The molecular formula is C23H25ClN2O2. The van der Waals surface area contributed by atoms with Crippen LogP contribution in [0.1, 0.15) is 23.1 Å². The van der Waals surface area contributed by atoms with Gasteiger partial charge < -0.3 is 4.42 Å². The molecule has 0 bridgehead atoms. The Morgan fingerprint density at radius 3 is 2.39 bits per heavy atom. The highest BCUT2D eigenvalue weighted by Gasteiger charge is 2.17. The van der Waals surface area contributed by atoms with Gasteiger partial charge in [-0.2, -0.15) is 0 Å². The van der Waals surface area contributed by atoms with Gasteiger partial charge in [-0.05, 0) is 61.3 Å². The van der Waals surface area contributed by atoms with Gasteiger partial charge in [-0.3, -0.25) is 9.80 Å². The number of hydrogen-bond acceptors (Lipinski definition) is 4. The fourth-order valence-corrected chi connectivity index (χ4v) is 4.02. The molecule has 0 amide bonds. The van der Waals surface area contributed by atoms with Crippen LogP contribution in [0, 0.1) is 6.92 Å². The van der Waals surface area contributed by atoms with Crippen LogP contribution < -0.4 is 5.63 Å². The summed E-state index contributed by atoms with van der Waals surface area (Å²) in [6.45, 7) is 7.85. The minimum Gasteiger partial charge on any atom is -0.423 e. The van der Waals surface area contributed by atoms with Gasteiger partial charge in [-0.15, -0.1) is 0 Å². The summed E-state index contributed by atoms with van der Waals surface area (Å²) in [4.78, 5) is 16.9. The molecule has 4 nitrogen and oxygen atoms in total. The van der Waals surface area contributed by atoms with E-state index >= 15 is 0 Å². The maximum atomic E-state index is 12.0. The zero-order valence-corrected chi connectivity index (χ0v) is 16.9. The van der Waals surface area contributed by atoms with Crippen LogP contribution in [-0.2, 0) is 13.1 Å². The Hall–Kier alpha value is -2.14. The number of aryl methyl sites for hydroxylation is 1. The molecule has 0 radical (unpaired) electrons. The second-order valence-electron chi connectivity index (χ2n) is 7.62. The van der Waals surface area contributed by atoms with Crippen molar-refractivity contribution < 1.29 is 4.42 Å². The Morgan fingerprint density at radius 2 is 1.64 bits per heavy atom. The van der Waals surface area contributed by atoms with E-state index in [2.05, 4.69) is 34.1 Å². The Balaban J connectivity index is 1.44. The van der Waals surface area contributed by atoms with Gasteiger partial charge in [0.15, 0.2) is 0 Å². The van der Waals surface area contributed by atoms with Crippen molar-refractivity contribution in [2.24, 2.45) is 0 Å². The fraction of sp³-hybridized carbons (Fsp3) is 0.348. The molecule has 1 aliphatic rings. The molecule has 0 aliphatic carbocycles. The summed E-state index contributed by atoms with van der Waals surface area (Å²) in [5.41, 5.74) is 3.85. The number of nitrogens with zero attached hydrogens (tertiary/aromatic N) is 2. The molecule has 3 aromatic rings. The van der Waals surface area contributed by atoms with E-state index in [-0.39, 0.29) is 5.63 Å². The first-order valence-corrected chi connectivity index (χ1v) is 10.2. The van der Waals surface area contributed by atoms with Gasteiger partial charge in [0.1, 0.15) is 5.58 Å². The van der Waals surface area contributed by atoms with Crippen LogP contribution in [0.3, 0.4) is 0 Å². The zero-order chi connectivity index (χ0) is 19.5. The second-order valence-corrected chi connectivity index (χ2v) is 8.06. The van der Waals surface area contributed by atoms with E-state index in [1.54, 1.807) is 6.07 Å². The summed E-state index contributed by atoms with van der Waals surface area (Å²) in [6, 6.07) is 15.8. The van der Waals surface area contributed by atoms with Crippen molar-refractivity contribution in [3.05, 3.63) is 80.7 Å². The summed E-state index contributed by atoms with van der Waals surface area (Å²) in [6.07, 6.45) is 1.12. The van der Waals surface area contributed by atoms with E-state index in [4.69, 9.17) is 16.0 Å². The maximum absolute atomic E-state index is 12.0. The summed E-state index contributed by atoms with van der Waals surface area (Å²) in [7, 11) is 0. The Kier molecular flexibility index (Phi) is 5.81. The van der Waals surface area contributed by atoms with E-state index in [1.807, 2.05) is 25.1 Å². The van der Waals surface area contributed by atoms with Crippen molar-refractivity contribution in [2.75, 3.05) is 26.2 Å². The van der Waals surface area contributed by atoms with Crippen molar-refractivity contribution in [1.82, 2.24) is 9.80 Å². The highest BCUT2D eigenvalue weighted by atomic mass is 35.5. The van der Waals surface area contributed by atoms with Crippen LogP contribution in [0.15, 0.2) is 57.7 Å². The van der Waals surface area contributed by atoms with E-state index in [1.165, 1.54) is 5.56 Å². The predicted molar refractivity (Wildman–Crippen MR) is 114 cm³/mol. The number of fused-ring (bicyclic) bond motifs is 1. The minimum atomic E-state index is -0.271. The molecule has 2 aromatic carbocycles. The van der Waals surface area contributed by atoms with Crippen molar-refractivity contribution in [3.8, 4) is 0 Å². The average molecular weight is 397 g/mol. The summed E-state index contributed by atoms with van der Waals surface area (Å²) >= 11 is 5.99. The topological polar surface area (TPSA) is 36.7 Å². The maximum Gasteiger partial charge on any atom is 0.336 e. The molecule has 0 spiro atoms. The van der Waals surface area contributed by atoms with Gasteiger partial charge in [0.2, 0.25) is 0 Å². The van der Waals surface area contributed by atoms with E-state index in [0.29, 0.717) is 5.58 Å². The third kappa shape index (κ3) is 4.64. The lowest BCUT2D eigenvalue weighted by Crippen LogP contribution is -2.30. The molecule has 1 saturated heterocycles. The summed E-state index contributed by atoms with van der Waals surface area (Å²) in [5.74, 6) is 0. The van der Waals surface area contributed by atoms with Crippen LogP contribution in [0.4, 0.5) is 0 Å². The summed E-state index contributed by atoms with van der Waals surface area (Å²) in [5, 5.41) is 1.81. The number of benzene rings is 2. The fourth-order valence-electron chi connectivity index (χ4n) is 3.90. The van der Waals surface area contributed by atoms with Crippen LogP contribution >= 0.6 is 11.6 Å². The molecule has 0 atom stereocenters. The van der Waals surface area contributed by atoms with Crippen LogP contribution in [0.2, 0.25) is 5.02 Å². The van der Waals surface area contributed by atoms with E-state index in [9.17, 15) is 4.79 Å².